The van der Waals surface area contributed by atoms with E-state index >= 15 is 0 Å². The molecule has 1 aromatic heterocycles. The molecule has 0 bridgehead atoms. The largest absolute Gasteiger partial charge is 0.497 e. The number of nitrogens with one attached hydrogen (secondary N) is 1. The average Bonchev–Trinajstić information content (AvgIpc) is 3.26. The highest BCUT2D eigenvalue weighted by molar-refractivity contribution is 6.03. The minimum Gasteiger partial charge on any atom is -0.497 e. The zero-order valence-electron chi connectivity index (χ0n) is 23.4. The Morgan fingerprint density at radius 2 is 1.87 bits per heavy atom. The van der Waals surface area contributed by atoms with Crippen LogP contribution < -0.4 is 10.1 Å². The standard InChI is InChI=1S/C31H39FN4O3/c1-21-14-22(2)18-34(17-21)13-7-12-33-30(38)31(3)20-35-27-16-25(39-4)11-10-23(27)15-28(35)29(37)36(31)19-24-8-5-6-9-26(24)32/h5-6,8-11,15-16,21-22H,7,12-14,17-20H2,1-4H3,(H,33,38). The molecular weight excluding hydrogens is 495 g/mol. The van der Waals surface area contributed by atoms with Crippen LogP contribution in [0.25, 0.3) is 10.9 Å². The third-order valence-corrected chi connectivity index (χ3v) is 8.29. The SMILES string of the molecule is COc1ccc2cc3n(c2c1)CC(C)(C(=O)NCCCN1CC(C)CC(C)C1)N(Cc1ccccc1F)C3=O. The van der Waals surface area contributed by atoms with Crippen LogP contribution in [-0.4, -0.2) is 65.0 Å². The highest BCUT2D eigenvalue weighted by Gasteiger charge is 2.47. The van der Waals surface area contributed by atoms with Crippen LogP contribution in [0.2, 0.25) is 0 Å². The van der Waals surface area contributed by atoms with Gasteiger partial charge in [0.25, 0.3) is 5.91 Å². The first-order chi connectivity index (χ1) is 18.7. The van der Waals surface area contributed by atoms with E-state index in [1.807, 2.05) is 28.8 Å². The maximum atomic E-state index is 14.7. The molecule has 0 aliphatic carbocycles. The Morgan fingerprint density at radius 1 is 1.13 bits per heavy atom. The number of halogens is 1. The van der Waals surface area contributed by atoms with Gasteiger partial charge in [-0.25, -0.2) is 4.39 Å². The summed E-state index contributed by atoms with van der Waals surface area (Å²) in [5.41, 5.74) is 0.475. The average molecular weight is 535 g/mol. The third kappa shape index (κ3) is 5.39. The smallest absolute Gasteiger partial charge is 0.271 e. The van der Waals surface area contributed by atoms with Crippen molar-refractivity contribution in [3.8, 4) is 5.75 Å². The van der Waals surface area contributed by atoms with Crippen molar-refractivity contribution in [2.75, 3.05) is 33.3 Å². The fourth-order valence-corrected chi connectivity index (χ4v) is 6.37. The van der Waals surface area contributed by atoms with Crippen molar-refractivity contribution in [3.05, 3.63) is 65.6 Å². The first-order valence-corrected chi connectivity index (χ1v) is 13.9. The van der Waals surface area contributed by atoms with Crippen LogP contribution in [0, 0.1) is 17.7 Å². The molecule has 3 aromatic rings. The van der Waals surface area contributed by atoms with Gasteiger partial charge in [0, 0.05) is 36.7 Å². The Balaban J connectivity index is 1.39. The lowest BCUT2D eigenvalue weighted by atomic mass is 9.92. The van der Waals surface area contributed by atoms with Gasteiger partial charge in [-0.2, -0.15) is 0 Å². The quantitative estimate of drug-likeness (QED) is 0.426. The van der Waals surface area contributed by atoms with E-state index in [4.69, 9.17) is 4.74 Å². The molecule has 1 saturated heterocycles. The number of carbonyl (C=O) groups is 2. The molecular formula is C31H39FN4O3. The molecule has 2 aliphatic rings. The van der Waals surface area contributed by atoms with Crippen LogP contribution in [0.3, 0.4) is 0 Å². The fourth-order valence-electron chi connectivity index (χ4n) is 6.37. The summed E-state index contributed by atoms with van der Waals surface area (Å²) in [6, 6.07) is 13.9. The van der Waals surface area contributed by atoms with Gasteiger partial charge in [-0.1, -0.05) is 32.0 Å². The maximum Gasteiger partial charge on any atom is 0.271 e. The van der Waals surface area contributed by atoms with Crippen LogP contribution in [0.1, 0.15) is 49.7 Å². The number of hydrogen-bond acceptors (Lipinski definition) is 4. The van der Waals surface area contributed by atoms with Crippen molar-refractivity contribution in [2.45, 2.75) is 52.2 Å². The number of fused-ring (bicyclic) bond motifs is 3. The lowest BCUT2D eigenvalue weighted by Gasteiger charge is -2.44. The van der Waals surface area contributed by atoms with Crippen molar-refractivity contribution in [1.82, 2.24) is 19.7 Å². The van der Waals surface area contributed by atoms with Gasteiger partial charge >= 0.3 is 0 Å². The van der Waals surface area contributed by atoms with Crippen LogP contribution in [0.5, 0.6) is 5.75 Å². The summed E-state index contributed by atoms with van der Waals surface area (Å²) in [5.74, 6) is 1.13. The Bertz CT molecular complexity index is 1360. The van der Waals surface area contributed by atoms with E-state index in [-0.39, 0.29) is 24.9 Å². The number of rotatable bonds is 8. The Morgan fingerprint density at radius 3 is 2.59 bits per heavy atom. The number of amides is 2. The van der Waals surface area contributed by atoms with Gasteiger partial charge in [-0.05, 0) is 62.4 Å². The van der Waals surface area contributed by atoms with Gasteiger partial charge in [0.15, 0.2) is 0 Å². The Labute approximate surface area is 229 Å². The number of piperidine rings is 1. The number of methoxy groups -OCH3 is 1. The van der Waals surface area contributed by atoms with Crippen molar-refractivity contribution in [3.63, 3.8) is 0 Å². The molecule has 39 heavy (non-hydrogen) atoms. The van der Waals surface area contributed by atoms with Gasteiger partial charge in [0.2, 0.25) is 5.91 Å². The summed E-state index contributed by atoms with van der Waals surface area (Å²) in [6.07, 6.45) is 2.09. The van der Waals surface area contributed by atoms with Gasteiger partial charge < -0.3 is 24.4 Å². The molecule has 3 unspecified atom stereocenters. The molecule has 3 heterocycles. The molecule has 0 spiro atoms. The molecule has 2 aromatic carbocycles. The molecule has 2 aliphatic heterocycles. The number of ether oxygens (including phenoxy) is 1. The molecule has 208 valence electrons. The predicted molar refractivity (Wildman–Crippen MR) is 150 cm³/mol. The molecule has 1 fully saturated rings. The van der Waals surface area contributed by atoms with Crippen LogP contribution in [0.4, 0.5) is 4.39 Å². The zero-order valence-corrected chi connectivity index (χ0v) is 23.4. The normalized spacial score (nSPS) is 23.6. The van der Waals surface area contributed by atoms with E-state index in [2.05, 4.69) is 24.1 Å². The van der Waals surface area contributed by atoms with Gasteiger partial charge in [0.05, 0.1) is 25.7 Å². The Hall–Kier alpha value is -3.39. The van der Waals surface area contributed by atoms with Crippen molar-refractivity contribution in [1.29, 1.82) is 0 Å². The number of aromatic nitrogens is 1. The maximum absolute atomic E-state index is 14.7. The summed E-state index contributed by atoms with van der Waals surface area (Å²) in [5, 5.41) is 4.00. The van der Waals surface area contributed by atoms with Gasteiger partial charge in [0.1, 0.15) is 22.8 Å². The van der Waals surface area contributed by atoms with E-state index in [1.54, 1.807) is 32.2 Å². The van der Waals surface area contributed by atoms with Gasteiger partial charge in [-0.15, -0.1) is 0 Å². The van der Waals surface area contributed by atoms with Crippen LogP contribution in [0.15, 0.2) is 48.5 Å². The van der Waals surface area contributed by atoms with E-state index in [1.165, 1.54) is 17.4 Å². The minimum atomic E-state index is -1.21. The summed E-state index contributed by atoms with van der Waals surface area (Å²) in [6.45, 7) is 10.3. The van der Waals surface area contributed by atoms with Gasteiger partial charge in [-0.3, -0.25) is 9.59 Å². The van der Waals surface area contributed by atoms with E-state index in [0.29, 0.717) is 35.4 Å². The second kappa shape index (κ2) is 11.0. The van der Waals surface area contributed by atoms with E-state index in [0.717, 1.165) is 37.0 Å². The number of hydrogen-bond donors (Lipinski definition) is 1. The first-order valence-electron chi connectivity index (χ1n) is 13.9. The summed E-state index contributed by atoms with van der Waals surface area (Å²) < 4.78 is 22.0. The second-order valence-electron chi connectivity index (χ2n) is 11.6. The Kier molecular flexibility index (Phi) is 7.67. The molecule has 5 rings (SSSR count). The molecule has 8 heteroatoms. The molecule has 0 radical (unpaired) electrons. The molecule has 7 nitrogen and oxygen atoms in total. The summed E-state index contributed by atoms with van der Waals surface area (Å²) in [4.78, 5) is 31.8. The number of nitrogens with zero attached hydrogens (tertiary/aromatic N) is 3. The zero-order chi connectivity index (χ0) is 27.7. The number of benzene rings is 2. The van der Waals surface area contributed by atoms with Crippen LogP contribution >= 0.6 is 0 Å². The number of likely N-dealkylation sites (tertiary alicyclic amines) is 1. The highest BCUT2D eigenvalue weighted by atomic mass is 19.1. The van der Waals surface area contributed by atoms with E-state index in [9.17, 15) is 14.0 Å². The van der Waals surface area contributed by atoms with E-state index < -0.39 is 11.4 Å². The van der Waals surface area contributed by atoms with Crippen LogP contribution in [-0.2, 0) is 17.9 Å². The molecule has 2 amide bonds. The third-order valence-electron chi connectivity index (χ3n) is 8.29. The lowest BCUT2D eigenvalue weighted by Crippen LogP contribution is -2.63. The molecule has 0 saturated carbocycles. The van der Waals surface area contributed by atoms with Crippen molar-refractivity contribution in [2.24, 2.45) is 11.8 Å². The fraction of sp³-hybridized carbons (Fsp3) is 0.484. The topological polar surface area (TPSA) is 66.8 Å². The molecule has 1 N–H and O–H groups in total. The van der Waals surface area contributed by atoms with Crippen molar-refractivity contribution < 1.29 is 18.7 Å². The first kappa shape index (κ1) is 27.2. The highest BCUT2D eigenvalue weighted by Crippen LogP contribution is 2.35. The van der Waals surface area contributed by atoms with Crippen molar-refractivity contribution >= 4 is 22.7 Å². The lowest BCUT2D eigenvalue weighted by molar-refractivity contribution is -0.133. The predicted octanol–water partition coefficient (Wildman–Crippen LogP) is 4.69. The molecule has 3 atom stereocenters. The summed E-state index contributed by atoms with van der Waals surface area (Å²) >= 11 is 0. The monoisotopic (exact) mass is 534 g/mol. The minimum absolute atomic E-state index is 0.00380. The summed E-state index contributed by atoms with van der Waals surface area (Å²) in [7, 11) is 1.60. The number of carbonyl (C=O) groups excluding carboxylic acids is 2. The second-order valence-corrected chi connectivity index (χ2v) is 11.6.